The zero-order valence-electron chi connectivity index (χ0n) is 6.06. The van der Waals surface area contributed by atoms with Crippen LogP contribution >= 0.6 is 0 Å². The van der Waals surface area contributed by atoms with Gasteiger partial charge in [-0.1, -0.05) is 17.8 Å². The summed E-state index contributed by atoms with van der Waals surface area (Å²) in [6, 6.07) is 3.58. The number of furan rings is 1. The second-order valence-electron chi connectivity index (χ2n) is 1.83. The molecule has 0 aromatic carbocycles. The first kappa shape index (κ1) is 7.60. The first-order valence-electron chi connectivity index (χ1n) is 3.23. The van der Waals surface area contributed by atoms with Crippen molar-refractivity contribution in [2.45, 2.75) is 0 Å². The third-order valence-electron chi connectivity index (χ3n) is 0.990. The maximum Gasteiger partial charge on any atom is 0.148 e. The Bertz CT molecular complexity index is 226. The van der Waals surface area contributed by atoms with Crippen LogP contribution in [0.15, 0.2) is 40.6 Å². The van der Waals surface area contributed by atoms with Crippen LogP contribution < -0.4 is 0 Å². The van der Waals surface area contributed by atoms with Crippen molar-refractivity contribution in [2.75, 3.05) is 6.61 Å². The van der Waals surface area contributed by atoms with Gasteiger partial charge >= 0.3 is 0 Å². The van der Waals surface area contributed by atoms with E-state index < -0.39 is 0 Å². The Morgan fingerprint density at radius 2 is 2.64 bits per heavy atom. The van der Waals surface area contributed by atoms with Crippen molar-refractivity contribution in [2.24, 2.45) is 5.16 Å². The van der Waals surface area contributed by atoms with Crippen molar-refractivity contribution < 1.29 is 9.25 Å². The standard InChI is InChI=1S/C8H9NO2/c1-2-5-11-9-7-8-4-3-6-10-8/h2-4,6-7H,1,5H2/b9-7+. The molecule has 0 saturated carbocycles. The van der Waals surface area contributed by atoms with Gasteiger partial charge < -0.3 is 9.25 Å². The fourth-order valence-corrected chi connectivity index (χ4v) is 0.550. The quantitative estimate of drug-likeness (QED) is 0.284. The molecule has 1 rings (SSSR count). The molecule has 0 bridgehead atoms. The van der Waals surface area contributed by atoms with E-state index in [1.54, 1.807) is 24.5 Å². The zero-order valence-corrected chi connectivity index (χ0v) is 6.06. The van der Waals surface area contributed by atoms with Gasteiger partial charge in [0.2, 0.25) is 0 Å². The molecule has 0 spiro atoms. The summed E-state index contributed by atoms with van der Waals surface area (Å²) in [6.45, 7) is 3.89. The van der Waals surface area contributed by atoms with Crippen LogP contribution in [0.25, 0.3) is 0 Å². The van der Waals surface area contributed by atoms with E-state index >= 15 is 0 Å². The summed E-state index contributed by atoms with van der Waals surface area (Å²) in [4.78, 5) is 4.75. The molecule has 3 heteroatoms. The van der Waals surface area contributed by atoms with E-state index in [-0.39, 0.29) is 0 Å². The molecule has 1 aromatic heterocycles. The van der Waals surface area contributed by atoms with Gasteiger partial charge in [0.05, 0.1) is 6.26 Å². The number of hydrogen-bond donors (Lipinski definition) is 0. The predicted octanol–water partition coefficient (Wildman–Crippen LogP) is 1.82. The van der Waals surface area contributed by atoms with Crippen LogP contribution in [-0.2, 0) is 4.84 Å². The lowest BCUT2D eigenvalue weighted by molar-refractivity contribution is 0.176. The topological polar surface area (TPSA) is 34.7 Å². The highest BCUT2D eigenvalue weighted by Crippen LogP contribution is 1.94. The zero-order chi connectivity index (χ0) is 7.94. The second-order valence-corrected chi connectivity index (χ2v) is 1.83. The molecule has 0 fully saturated rings. The summed E-state index contributed by atoms with van der Waals surface area (Å²) in [7, 11) is 0. The SMILES string of the molecule is C=CCO/N=C/c1ccco1. The molecule has 1 heterocycles. The Balaban J connectivity index is 2.31. The molecule has 58 valence electrons. The van der Waals surface area contributed by atoms with Crippen LogP contribution in [0.4, 0.5) is 0 Å². The Morgan fingerprint density at radius 1 is 1.73 bits per heavy atom. The number of nitrogens with zero attached hydrogens (tertiary/aromatic N) is 1. The summed E-state index contributed by atoms with van der Waals surface area (Å²) in [5.74, 6) is 0.675. The molecule has 0 aliphatic rings. The van der Waals surface area contributed by atoms with Gasteiger partial charge in [-0.3, -0.25) is 0 Å². The largest absolute Gasteiger partial charge is 0.463 e. The molecular formula is C8H9NO2. The number of hydrogen-bond acceptors (Lipinski definition) is 3. The minimum atomic E-state index is 0.414. The van der Waals surface area contributed by atoms with E-state index in [0.29, 0.717) is 12.4 Å². The smallest absolute Gasteiger partial charge is 0.148 e. The average Bonchev–Trinajstić information content (AvgIpc) is 2.50. The van der Waals surface area contributed by atoms with Gasteiger partial charge in [-0.2, -0.15) is 0 Å². The van der Waals surface area contributed by atoms with Crippen LogP contribution in [0.1, 0.15) is 5.76 Å². The lowest BCUT2D eigenvalue weighted by Gasteiger charge is -1.88. The average molecular weight is 151 g/mol. The van der Waals surface area contributed by atoms with E-state index in [9.17, 15) is 0 Å². The lowest BCUT2D eigenvalue weighted by Crippen LogP contribution is -1.82. The third kappa shape index (κ3) is 2.71. The maximum atomic E-state index is 4.96. The molecule has 11 heavy (non-hydrogen) atoms. The van der Waals surface area contributed by atoms with E-state index in [0.717, 1.165) is 0 Å². The van der Waals surface area contributed by atoms with Crippen LogP contribution in [0.2, 0.25) is 0 Å². The fourth-order valence-electron chi connectivity index (χ4n) is 0.550. The Morgan fingerprint density at radius 3 is 3.27 bits per heavy atom. The van der Waals surface area contributed by atoms with Gasteiger partial charge in [0, 0.05) is 0 Å². The minimum Gasteiger partial charge on any atom is -0.463 e. The monoisotopic (exact) mass is 151 g/mol. The van der Waals surface area contributed by atoms with E-state index in [1.165, 1.54) is 6.21 Å². The van der Waals surface area contributed by atoms with Gasteiger partial charge in [-0.25, -0.2) is 0 Å². The molecule has 0 N–H and O–H groups in total. The van der Waals surface area contributed by atoms with Crippen LogP contribution in [0, 0.1) is 0 Å². The summed E-state index contributed by atoms with van der Waals surface area (Å²) < 4.78 is 4.96. The van der Waals surface area contributed by atoms with Crippen molar-refractivity contribution in [1.29, 1.82) is 0 Å². The highest BCUT2D eigenvalue weighted by molar-refractivity contribution is 5.74. The number of rotatable bonds is 4. The van der Waals surface area contributed by atoms with E-state index in [4.69, 9.17) is 9.25 Å². The molecule has 0 unspecified atom stereocenters. The molecule has 0 aliphatic carbocycles. The van der Waals surface area contributed by atoms with Crippen LogP contribution in [-0.4, -0.2) is 12.8 Å². The normalized spacial score (nSPS) is 10.2. The molecule has 0 atom stereocenters. The summed E-state index contributed by atoms with van der Waals surface area (Å²) >= 11 is 0. The van der Waals surface area contributed by atoms with E-state index in [1.807, 2.05) is 0 Å². The fraction of sp³-hybridized carbons (Fsp3) is 0.125. The van der Waals surface area contributed by atoms with Gasteiger partial charge in [0.25, 0.3) is 0 Å². The predicted molar refractivity (Wildman–Crippen MR) is 42.5 cm³/mol. The van der Waals surface area contributed by atoms with Gasteiger partial charge in [-0.15, -0.1) is 0 Å². The maximum absolute atomic E-state index is 4.96. The lowest BCUT2D eigenvalue weighted by atomic mass is 10.5. The Hall–Kier alpha value is -1.51. The van der Waals surface area contributed by atoms with Gasteiger partial charge in [0.15, 0.2) is 0 Å². The number of oxime groups is 1. The molecule has 0 radical (unpaired) electrons. The summed E-state index contributed by atoms with van der Waals surface area (Å²) in [5, 5.41) is 3.61. The molecular weight excluding hydrogens is 142 g/mol. The highest BCUT2D eigenvalue weighted by atomic mass is 16.6. The molecule has 3 nitrogen and oxygen atoms in total. The Kier molecular flexibility index (Phi) is 2.99. The summed E-state index contributed by atoms with van der Waals surface area (Å²) in [5.41, 5.74) is 0. The molecule has 0 saturated heterocycles. The van der Waals surface area contributed by atoms with Crippen molar-refractivity contribution in [3.8, 4) is 0 Å². The molecule has 1 aromatic rings. The van der Waals surface area contributed by atoms with Gasteiger partial charge in [0.1, 0.15) is 18.6 Å². The third-order valence-corrected chi connectivity index (χ3v) is 0.990. The highest BCUT2D eigenvalue weighted by Gasteiger charge is 1.86. The summed E-state index contributed by atoms with van der Waals surface area (Å²) in [6.07, 6.45) is 4.71. The van der Waals surface area contributed by atoms with Gasteiger partial charge in [-0.05, 0) is 12.1 Å². The van der Waals surface area contributed by atoms with Crippen molar-refractivity contribution >= 4 is 6.21 Å². The molecule has 0 amide bonds. The van der Waals surface area contributed by atoms with Crippen molar-refractivity contribution in [3.63, 3.8) is 0 Å². The molecule has 0 aliphatic heterocycles. The minimum absolute atomic E-state index is 0.414. The van der Waals surface area contributed by atoms with Crippen LogP contribution in [0.5, 0.6) is 0 Å². The first-order valence-corrected chi connectivity index (χ1v) is 3.23. The first-order chi connectivity index (χ1) is 5.43. The van der Waals surface area contributed by atoms with Crippen LogP contribution in [0.3, 0.4) is 0 Å². The van der Waals surface area contributed by atoms with E-state index in [2.05, 4.69) is 11.7 Å². The Labute approximate surface area is 65.0 Å². The van der Waals surface area contributed by atoms with Crippen molar-refractivity contribution in [3.05, 3.63) is 36.8 Å². The second kappa shape index (κ2) is 4.33. The van der Waals surface area contributed by atoms with Crippen molar-refractivity contribution in [1.82, 2.24) is 0 Å².